The number of ether oxygens (including phenoxy) is 1. The van der Waals surface area contributed by atoms with Crippen LogP contribution >= 0.6 is 0 Å². The van der Waals surface area contributed by atoms with Crippen molar-refractivity contribution in [3.63, 3.8) is 0 Å². The number of rotatable bonds is 3. The molecule has 1 saturated heterocycles. The van der Waals surface area contributed by atoms with E-state index in [2.05, 4.69) is 13.8 Å². The minimum Gasteiger partial charge on any atom is -0.460 e. The van der Waals surface area contributed by atoms with Gasteiger partial charge in [0, 0.05) is 23.8 Å². The van der Waals surface area contributed by atoms with Crippen LogP contribution < -0.4 is 5.73 Å². The van der Waals surface area contributed by atoms with Crippen LogP contribution in [0.2, 0.25) is 0 Å². The summed E-state index contributed by atoms with van der Waals surface area (Å²) in [7, 11) is 0. The maximum Gasteiger partial charge on any atom is 0.351 e. The highest BCUT2D eigenvalue weighted by Crippen LogP contribution is 2.41. The van der Waals surface area contributed by atoms with E-state index in [1.807, 2.05) is 20.8 Å². The predicted molar refractivity (Wildman–Crippen MR) is 133 cm³/mol. The van der Waals surface area contributed by atoms with Gasteiger partial charge in [-0.05, 0) is 82.0 Å². The van der Waals surface area contributed by atoms with Crippen molar-refractivity contribution in [1.29, 1.82) is 0 Å². The number of halogens is 1. The van der Waals surface area contributed by atoms with Gasteiger partial charge in [0.2, 0.25) is 0 Å². The fourth-order valence-corrected chi connectivity index (χ4v) is 6.55. The fourth-order valence-electron chi connectivity index (χ4n) is 6.55. The van der Waals surface area contributed by atoms with Crippen molar-refractivity contribution in [2.75, 3.05) is 0 Å². The van der Waals surface area contributed by atoms with Gasteiger partial charge in [0.25, 0.3) is 5.67 Å². The number of carbonyl (C=O) groups excluding carboxylic acids is 3. The molecule has 1 aliphatic carbocycles. The molecule has 2 aliphatic rings. The molecule has 196 valence electrons. The van der Waals surface area contributed by atoms with E-state index >= 15 is 4.39 Å². The molecule has 0 amide bonds. The summed E-state index contributed by atoms with van der Waals surface area (Å²) in [6.07, 6.45) is 5.43. The average molecular weight is 482 g/mol. The molecule has 2 rings (SSSR count). The SMILES string of the molecule is CC[C@@H]1CC[C@@H](C)C(=O)[C@H](C)C[C@H](C)[C@H](C[C@@H]2C[C@H](C)C[C@H](N)C2)[C@@H](C)C(=O)[C@](C)(F)C(=O)O1. The number of esters is 1. The normalized spacial score (nSPS) is 43.8. The number of hydrogen-bond donors (Lipinski definition) is 1. The molecule has 0 aromatic heterocycles. The highest BCUT2D eigenvalue weighted by atomic mass is 19.1. The Hall–Kier alpha value is -1.30. The lowest BCUT2D eigenvalue weighted by molar-refractivity contribution is -0.168. The second kappa shape index (κ2) is 12.1. The minimum absolute atomic E-state index is 0.0386. The zero-order valence-corrected chi connectivity index (χ0v) is 22.4. The van der Waals surface area contributed by atoms with E-state index in [4.69, 9.17) is 10.5 Å². The summed E-state index contributed by atoms with van der Waals surface area (Å²) in [5.41, 5.74) is 3.62. The summed E-state index contributed by atoms with van der Waals surface area (Å²) < 4.78 is 21.2. The molecular weight excluding hydrogens is 433 g/mol. The molecule has 2 N–H and O–H groups in total. The van der Waals surface area contributed by atoms with Crippen molar-refractivity contribution < 1.29 is 23.5 Å². The number of carbonyl (C=O) groups is 3. The summed E-state index contributed by atoms with van der Waals surface area (Å²) in [4.78, 5) is 39.3. The van der Waals surface area contributed by atoms with E-state index in [1.165, 1.54) is 0 Å². The van der Waals surface area contributed by atoms with Gasteiger partial charge in [0.1, 0.15) is 11.9 Å². The summed E-state index contributed by atoms with van der Waals surface area (Å²) in [6.45, 7) is 12.8. The van der Waals surface area contributed by atoms with Gasteiger partial charge >= 0.3 is 5.97 Å². The monoisotopic (exact) mass is 481 g/mol. The quantitative estimate of drug-likeness (QED) is 0.414. The lowest BCUT2D eigenvalue weighted by Crippen LogP contribution is -2.48. The second-order valence-electron chi connectivity index (χ2n) is 11.9. The molecule has 0 bridgehead atoms. The third-order valence-corrected chi connectivity index (χ3v) is 8.66. The van der Waals surface area contributed by atoms with Crippen LogP contribution in [0.5, 0.6) is 0 Å². The Labute approximate surface area is 206 Å². The standard InChI is InChI=1S/C28H48FNO4/c1-8-23-10-9-17(3)25(31)19(5)13-18(4)24(15-21-11-16(2)12-22(30)14-21)20(6)26(32)28(7,29)27(33)34-23/h16-24H,8-15,30H2,1-7H3/t16-,17+,18-,19+,20+,21+,22-,23+,24-,28-/m0/s1. The maximum atomic E-state index is 15.7. The Kier molecular flexibility index (Phi) is 10.3. The van der Waals surface area contributed by atoms with Crippen LogP contribution in [0.3, 0.4) is 0 Å². The van der Waals surface area contributed by atoms with Crippen molar-refractivity contribution in [3.05, 3.63) is 0 Å². The zero-order chi connectivity index (χ0) is 25.8. The van der Waals surface area contributed by atoms with Crippen LogP contribution in [0, 0.1) is 41.4 Å². The van der Waals surface area contributed by atoms with Gasteiger partial charge in [-0.2, -0.15) is 0 Å². The highest BCUT2D eigenvalue weighted by Gasteiger charge is 2.48. The Morgan fingerprint density at radius 3 is 2.21 bits per heavy atom. The molecule has 0 spiro atoms. The molecule has 1 heterocycles. The molecule has 1 saturated carbocycles. The Bertz CT molecular complexity index is 713. The Morgan fingerprint density at radius 1 is 0.971 bits per heavy atom. The van der Waals surface area contributed by atoms with Crippen LogP contribution in [0.1, 0.15) is 99.8 Å². The zero-order valence-electron chi connectivity index (χ0n) is 22.4. The van der Waals surface area contributed by atoms with Gasteiger partial charge in [-0.15, -0.1) is 0 Å². The van der Waals surface area contributed by atoms with Gasteiger partial charge in [-0.3, -0.25) is 9.59 Å². The Morgan fingerprint density at radius 2 is 1.62 bits per heavy atom. The van der Waals surface area contributed by atoms with E-state index in [-0.39, 0.29) is 35.5 Å². The maximum absolute atomic E-state index is 15.7. The summed E-state index contributed by atoms with van der Waals surface area (Å²) in [5, 5.41) is 0. The summed E-state index contributed by atoms with van der Waals surface area (Å²) in [5.74, 6) is -1.75. The van der Waals surface area contributed by atoms with E-state index in [0.717, 1.165) is 32.6 Å². The average Bonchev–Trinajstić information content (AvgIpc) is 2.76. The molecule has 5 nitrogen and oxygen atoms in total. The van der Waals surface area contributed by atoms with Gasteiger partial charge in [-0.25, -0.2) is 9.18 Å². The molecule has 1 aliphatic heterocycles. The lowest BCUT2D eigenvalue weighted by Gasteiger charge is -2.38. The molecule has 0 aromatic carbocycles. The van der Waals surface area contributed by atoms with Crippen LogP contribution in [0.25, 0.3) is 0 Å². The predicted octanol–water partition coefficient (Wildman–Crippen LogP) is 5.67. The number of Topliss-reactive ketones (excluding diaryl/α,β-unsaturated/α-hetero) is 2. The molecule has 10 atom stereocenters. The highest BCUT2D eigenvalue weighted by molar-refractivity contribution is 6.07. The number of nitrogens with two attached hydrogens (primary N) is 1. The van der Waals surface area contributed by atoms with E-state index in [9.17, 15) is 14.4 Å². The van der Waals surface area contributed by atoms with Gasteiger partial charge < -0.3 is 10.5 Å². The molecule has 6 heteroatoms. The lowest BCUT2D eigenvalue weighted by atomic mass is 9.67. The smallest absolute Gasteiger partial charge is 0.351 e. The van der Waals surface area contributed by atoms with E-state index in [0.29, 0.717) is 37.5 Å². The molecule has 0 aromatic rings. The van der Waals surface area contributed by atoms with Gasteiger partial charge in [-0.1, -0.05) is 41.5 Å². The largest absolute Gasteiger partial charge is 0.460 e. The molecule has 34 heavy (non-hydrogen) atoms. The topological polar surface area (TPSA) is 86.5 Å². The minimum atomic E-state index is -2.68. The number of ketones is 2. The number of alkyl halides is 1. The van der Waals surface area contributed by atoms with Crippen LogP contribution in [-0.4, -0.2) is 35.4 Å². The molecule has 0 unspecified atom stereocenters. The first-order chi connectivity index (χ1) is 15.8. The fraction of sp³-hybridized carbons (Fsp3) is 0.893. The first-order valence-electron chi connectivity index (χ1n) is 13.5. The number of cyclic esters (lactones) is 1. The van der Waals surface area contributed by atoms with Crippen LogP contribution in [0.15, 0.2) is 0 Å². The van der Waals surface area contributed by atoms with Crippen molar-refractivity contribution in [3.8, 4) is 0 Å². The number of hydrogen-bond acceptors (Lipinski definition) is 5. The third-order valence-electron chi connectivity index (χ3n) is 8.66. The Balaban J connectivity index is 2.38. The van der Waals surface area contributed by atoms with E-state index in [1.54, 1.807) is 6.92 Å². The second-order valence-corrected chi connectivity index (χ2v) is 11.9. The molecule has 2 fully saturated rings. The van der Waals surface area contributed by atoms with Gasteiger partial charge in [0.05, 0.1) is 0 Å². The first-order valence-corrected chi connectivity index (χ1v) is 13.5. The van der Waals surface area contributed by atoms with Crippen LogP contribution in [0.4, 0.5) is 4.39 Å². The first kappa shape index (κ1) is 28.9. The molecule has 0 radical (unpaired) electrons. The van der Waals surface area contributed by atoms with E-state index < -0.39 is 29.4 Å². The van der Waals surface area contributed by atoms with Crippen molar-refractivity contribution in [2.45, 2.75) is 118 Å². The summed E-state index contributed by atoms with van der Waals surface area (Å²) in [6, 6.07) is 0.141. The third kappa shape index (κ3) is 7.11. The molecular formula is C28H48FNO4. The van der Waals surface area contributed by atoms with Crippen molar-refractivity contribution in [2.24, 2.45) is 47.2 Å². The summed E-state index contributed by atoms with van der Waals surface area (Å²) >= 11 is 0. The van der Waals surface area contributed by atoms with Crippen molar-refractivity contribution in [1.82, 2.24) is 0 Å². The van der Waals surface area contributed by atoms with Crippen molar-refractivity contribution >= 4 is 17.5 Å². The van der Waals surface area contributed by atoms with Gasteiger partial charge in [0.15, 0.2) is 5.78 Å². The van der Waals surface area contributed by atoms with Crippen LogP contribution in [-0.2, 0) is 19.1 Å².